The number of thioether (sulfide) groups is 1. The van der Waals surface area contributed by atoms with E-state index >= 15 is 0 Å². The zero-order valence-corrected chi connectivity index (χ0v) is 105. The summed E-state index contributed by atoms with van der Waals surface area (Å²) in [6, 6.07) is 8.21. The van der Waals surface area contributed by atoms with Crippen molar-refractivity contribution in [1.82, 2.24) is 19.5 Å². The van der Waals surface area contributed by atoms with Gasteiger partial charge in [-0.25, -0.2) is 27.9 Å². The van der Waals surface area contributed by atoms with Crippen LogP contribution in [0.25, 0.3) is 0 Å². The van der Waals surface area contributed by atoms with Crippen LogP contribution >= 0.6 is 11.8 Å². The molecule has 142 heavy (non-hydrogen) atoms. The normalized spacial score (nSPS) is 14.6. The molecule has 3 aromatic rings. The van der Waals surface area contributed by atoms with Crippen LogP contribution in [0.5, 0.6) is 0 Å². The van der Waals surface area contributed by atoms with Gasteiger partial charge in [-0.3, -0.25) is 9.97 Å². The molecule has 3 aromatic heterocycles. The SMILES string of the molecule is CC(C)C(C)C(C)O.CC(C)C(C)c1cn(C(=O)OC(C)(C)C)cn1.CC(C)C(CO)C(C)C.CC(C)C(CO)C(C)C.CC(C)[C@H](C)CO.CC(C)[C@H](C)CS(N)(=O)=O.CC(C)[C@H](CO)C(C)(C)C.CC(O)CC(C)(C)C(C)C.CCC(CO)C(C)C.CCCC[C@@H](C(C)C)C(C)O.CC[C@H](C)[C@@H](CO)C(C)C.CSCC[C@@H](CO)C(C)C.Cc1ccc(C(C)C)cn1.Cc1ccc([C@@H](CO)C(C)C)cn1. The number of sulfonamides is 1. The highest BCUT2D eigenvalue weighted by Gasteiger charge is 2.28. The van der Waals surface area contributed by atoms with Gasteiger partial charge >= 0.3 is 6.09 Å². The minimum Gasteiger partial charge on any atom is -0.443 e. The highest BCUT2D eigenvalue weighted by atomic mass is 32.2. The number of carbonyl (C=O) groups excluding carboxylic acids is 1. The summed E-state index contributed by atoms with van der Waals surface area (Å²) in [5.74, 6) is 16.1. The number of ether oxygens (including phenoxy) is 1. The van der Waals surface area contributed by atoms with Crippen LogP contribution in [0.3, 0.4) is 0 Å². The Hall–Kier alpha value is -3.20. The third kappa shape index (κ3) is 92.9. The van der Waals surface area contributed by atoms with Crippen LogP contribution < -0.4 is 5.14 Å². The molecule has 0 radical (unpaired) electrons. The predicted octanol–water partition coefficient (Wildman–Crippen LogP) is 28.9. The number of hydrogen-bond donors (Lipinski definition) is 12. The maximum Gasteiger partial charge on any atom is 0.419 e. The Morgan fingerprint density at radius 3 is 1.00 bits per heavy atom. The second-order valence-corrected chi connectivity index (χ2v) is 51.4. The lowest BCUT2D eigenvalue weighted by atomic mass is 9.75. The molecule has 3 heterocycles. The molecule has 13 N–H and O–H groups in total. The molecular formula is C120H249N5O15S2. The van der Waals surface area contributed by atoms with Gasteiger partial charge in [-0.15, -0.1) is 0 Å². The molecule has 0 aliphatic rings. The van der Waals surface area contributed by atoms with Gasteiger partial charge in [-0.1, -0.05) is 349 Å². The van der Waals surface area contributed by atoms with E-state index in [4.69, 9.17) is 55.8 Å². The van der Waals surface area contributed by atoms with Crippen molar-refractivity contribution in [1.29, 1.82) is 0 Å². The highest BCUT2D eigenvalue weighted by Crippen LogP contribution is 2.34. The van der Waals surface area contributed by atoms with Crippen LogP contribution in [0.1, 0.15) is 444 Å². The standard InChI is InChI=1S/C13H22N2O2.C11H17NO.C10H22O.C9H13N.3C9H20O.C8H18OS.2C8H18O.2C7H16O.C6H15NO2S.C6H14O/c1-9(2)10(3)11-7-15(8-14-11)12(16)17-13(4,5)6;1-8(2)11(7-13)10-5-4-9(3)12-6-10;1-5-6-7-10(8(2)3)9(4)11;1-7(2)9-5-4-8(3)10-6-9;1-7(2)8(6-10)9(3,4)5;1-7(2)9(4,5)6-8(3)10;1-5-8(4)9(6-10)7(2)3;1-7(2)8(6-9)4-5-10-3;2*1-6(2)8(5-9)7(3)4;1-5(2)6(3)7(4)8;1-4-7(5-8)6(2)3;1-5(2)6(3)4-10(7,8)9;1-5(2)6(3)4-7/h7-10H,1-6H3;4-6,8,11,13H,7H2,1-3H3;8-11H,5-7H2,1-4H3;4-7H,1-3H3;2*7-8,10H,6H2,1-5H3;7-10H,5-6H2,1-4H3;7-9H,4-6H2,1-3H3;2*6-9H,5H2,1-4H3;5-8H,1-4H3;6-8H,4-5H2,1-3H3;5-6H,4H2,1-3H3,(H2,7,8,9);5-7H,4H2,1-3H3/t;11-;9?,10-;;8-;;8-,9-;8-;;;;;2*6-/m.00.0.00....11/s1. The van der Waals surface area contributed by atoms with E-state index in [9.17, 15) is 23.4 Å². The van der Waals surface area contributed by atoms with Gasteiger partial charge in [0.1, 0.15) is 11.9 Å². The monoisotopic (exact) mass is 2060 g/mol. The Morgan fingerprint density at radius 1 is 0.430 bits per heavy atom. The molecule has 3 rings (SSSR count). The summed E-state index contributed by atoms with van der Waals surface area (Å²) in [5.41, 5.74) is 5.50. The van der Waals surface area contributed by atoms with Crippen molar-refractivity contribution in [3.05, 3.63) is 77.4 Å². The average molecular weight is 2070 g/mol. The number of aliphatic hydroxyl groups excluding tert-OH is 11. The molecule has 0 amide bonds. The number of imidazole rings is 1. The van der Waals surface area contributed by atoms with Gasteiger partial charge < -0.3 is 60.9 Å². The number of nitrogens with zero attached hydrogens (tertiary/aromatic N) is 4. The van der Waals surface area contributed by atoms with E-state index < -0.39 is 15.6 Å². The summed E-state index contributed by atoms with van der Waals surface area (Å²) < 4.78 is 27.7. The van der Waals surface area contributed by atoms with Crippen molar-refractivity contribution < 1.29 is 74.1 Å². The zero-order valence-electron chi connectivity index (χ0n) is 103. The van der Waals surface area contributed by atoms with Crippen LogP contribution in [0.4, 0.5) is 4.79 Å². The van der Waals surface area contributed by atoms with Crippen LogP contribution in [-0.2, 0) is 14.8 Å². The van der Waals surface area contributed by atoms with Crippen LogP contribution in [0.15, 0.2) is 49.2 Å². The van der Waals surface area contributed by atoms with Crippen LogP contribution in [0, 0.1) is 179 Å². The number of unbranched alkanes of at least 4 members (excludes halogenated alkanes) is 1. The van der Waals surface area contributed by atoms with Gasteiger partial charge in [0.15, 0.2) is 0 Å². The molecule has 0 bridgehead atoms. The maximum atomic E-state index is 11.8. The largest absolute Gasteiger partial charge is 0.443 e. The van der Waals surface area contributed by atoms with Crippen molar-refractivity contribution in [2.45, 2.75) is 454 Å². The summed E-state index contributed by atoms with van der Waals surface area (Å²) in [6.07, 6.45) is 16.3. The first-order chi connectivity index (χ1) is 64.7. The molecule has 856 valence electrons. The highest BCUT2D eigenvalue weighted by molar-refractivity contribution is 7.98. The predicted molar refractivity (Wildman–Crippen MR) is 621 cm³/mol. The fourth-order valence-electron chi connectivity index (χ4n) is 14.4. The smallest absolute Gasteiger partial charge is 0.419 e. The maximum absolute atomic E-state index is 11.8. The molecule has 6 unspecified atom stereocenters. The van der Waals surface area contributed by atoms with Crippen molar-refractivity contribution in [2.24, 2.45) is 170 Å². The van der Waals surface area contributed by atoms with E-state index in [1.807, 2.05) is 119 Å². The number of primary sulfonamides is 1. The first-order valence-corrected chi connectivity index (χ1v) is 58.3. The molecule has 0 aliphatic carbocycles. The van der Waals surface area contributed by atoms with Gasteiger partial charge in [0.25, 0.3) is 0 Å². The van der Waals surface area contributed by atoms with E-state index in [-0.39, 0.29) is 59.4 Å². The van der Waals surface area contributed by atoms with E-state index in [0.717, 1.165) is 41.9 Å². The van der Waals surface area contributed by atoms with E-state index in [1.165, 1.54) is 47.9 Å². The fourth-order valence-corrected chi connectivity index (χ4v) is 16.0. The summed E-state index contributed by atoms with van der Waals surface area (Å²) in [7, 11) is -3.27. The third-order valence-electron chi connectivity index (χ3n) is 28.2. The van der Waals surface area contributed by atoms with Gasteiger partial charge in [0.2, 0.25) is 10.0 Å². The number of nitrogens with two attached hydrogens (primary N) is 1. The molecule has 0 saturated carbocycles. The average Bonchev–Trinajstić information content (AvgIpc) is 1.70. The molecule has 0 fully saturated rings. The molecule has 0 aliphatic heterocycles. The lowest BCUT2D eigenvalue weighted by molar-refractivity contribution is 0.0535. The Morgan fingerprint density at radius 2 is 0.831 bits per heavy atom. The Kier molecular flexibility index (Phi) is 104. The van der Waals surface area contributed by atoms with Gasteiger partial charge in [0.05, 0.1) is 36.4 Å². The number of aromatic nitrogens is 4. The number of hydrogen-bond acceptors (Lipinski definition) is 19. The fraction of sp³-hybridized carbons (Fsp3) is 0.883. The molecule has 20 nitrogen and oxygen atoms in total. The van der Waals surface area contributed by atoms with E-state index in [2.05, 4.69) is 317 Å². The first kappa shape index (κ1) is 161. The molecule has 0 aromatic carbocycles. The Bertz CT molecular complexity index is 3240. The summed E-state index contributed by atoms with van der Waals surface area (Å²) in [6.45, 7) is 114. The molecular weight excluding hydrogens is 1820 g/mol. The summed E-state index contributed by atoms with van der Waals surface area (Å²) in [4.78, 5) is 24.4. The van der Waals surface area contributed by atoms with E-state index in [0.29, 0.717) is 206 Å². The lowest BCUT2D eigenvalue weighted by Gasteiger charge is -2.32. The van der Waals surface area contributed by atoms with Crippen molar-refractivity contribution in [3.63, 3.8) is 0 Å². The minimum atomic E-state index is -3.27. The van der Waals surface area contributed by atoms with Gasteiger partial charge in [0, 0.05) is 88.1 Å². The van der Waals surface area contributed by atoms with Crippen molar-refractivity contribution in [2.75, 3.05) is 70.6 Å². The van der Waals surface area contributed by atoms with Crippen LogP contribution in [-0.4, -0.2) is 185 Å². The molecule has 0 saturated heterocycles. The number of rotatable bonds is 41. The first-order valence-electron chi connectivity index (χ1n) is 55.2. The number of carbonyl (C=O) groups is 1. The van der Waals surface area contributed by atoms with E-state index in [1.54, 1.807) is 6.20 Å². The van der Waals surface area contributed by atoms with Crippen molar-refractivity contribution in [3.8, 4) is 0 Å². The number of pyridine rings is 2. The van der Waals surface area contributed by atoms with Crippen LogP contribution in [0.2, 0.25) is 0 Å². The Balaban J connectivity index is -0.000000145. The minimum absolute atomic E-state index is 0.0880. The second-order valence-electron chi connectivity index (χ2n) is 48.8. The lowest BCUT2D eigenvalue weighted by Crippen LogP contribution is -2.28. The Labute approximate surface area is 887 Å². The third-order valence-corrected chi connectivity index (χ3v) is 29.9. The molecule has 14 atom stereocenters. The van der Waals surface area contributed by atoms with Crippen molar-refractivity contribution >= 4 is 27.9 Å². The quantitative estimate of drug-likeness (QED) is 0.0251. The summed E-state index contributed by atoms with van der Waals surface area (Å²) >= 11 is 1.85. The number of aliphatic hydroxyl groups is 11. The van der Waals surface area contributed by atoms with Gasteiger partial charge in [-0.2, -0.15) is 11.8 Å². The van der Waals surface area contributed by atoms with Gasteiger partial charge in [-0.05, 0) is 281 Å². The number of aryl methyl sites for hydroxylation is 2. The summed E-state index contributed by atoms with van der Waals surface area (Å²) in [5, 5.41) is 103. The topological polar surface area (TPSA) is 353 Å². The zero-order chi connectivity index (χ0) is 115. The molecule has 0 spiro atoms. The second kappa shape index (κ2) is 91.6. The molecule has 22 heteroatoms.